The second-order valence-electron chi connectivity index (χ2n) is 10.2. The van der Waals surface area contributed by atoms with E-state index in [0.717, 1.165) is 42.4 Å². The summed E-state index contributed by atoms with van der Waals surface area (Å²) in [5.41, 5.74) is 0.953. The molecule has 0 N–H and O–H groups in total. The van der Waals surface area contributed by atoms with Gasteiger partial charge in [-0.3, -0.25) is 16.7 Å². The zero-order valence-electron chi connectivity index (χ0n) is 32.3. The molecule has 0 fully saturated rings. The van der Waals surface area contributed by atoms with E-state index in [2.05, 4.69) is 57.8 Å². The maximum atomic E-state index is 11.7. The Bertz CT molecular complexity index is 2040. The smallest absolute Gasteiger partial charge is 0.330 e. The van der Waals surface area contributed by atoms with Crippen molar-refractivity contribution in [3.05, 3.63) is 111 Å². The summed E-state index contributed by atoms with van der Waals surface area (Å²) in [6.45, 7) is 13.3. The van der Waals surface area contributed by atoms with Crippen LogP contribution in [0, 0.1) is 6.92 Å². The van der Waals surface area contributed by atoms with E-state index in [1.807, 2.05) is 6.92 Å². The van der Waals surface area contributed by atoms with Crippen LogP contribution in [0.3, 0.4) is 0 Å². The summed E-state index contributed by atoms with van der Waals surface area (Å²) < 4.78 is 124. The molecule has 2 aromatic carbocycles. The second-order valence-corrected chi connectivity index (χ2v) is 16.7. The van der Waals surface area contributed by atoms with Gasteiger partial charge in [0.2, 0.25) is 0 Å². The first-order chi connectivity index (χ1) is 27.4. The Labute approximate surface area is 344 Å². The second kappa shape index (κ2) is 30.0. The molecule has 0 aliphatic heterocycles. The summed E-state index contributed by atoms with van der Waals surface area (Å²) in [7, 11) is -14.5. The van der Waals surface area contributed by atoms with Crippen molar-refractivity contribution in [3.8, 4) is 0 Å². The highest BCUT2D eigenvalue weighted by Crippen LogP contribution is 2.13. The Hall–Kier alpha value is -5.08. The Kier molecular flexibility index (Phi) is 28.5. The van der Waals surface area contributed by atoms with Gasteiger partial charge in [0.1, 0.15) is 52.9 Å². The molecule has 0 saturated heterocycles. The van der Waals surface area contributed by atoms with E-state index >= 15 is 0 Å². The topological polar surface area (TPSA) is 279 Å². The first kappa shape index (κ1) is 56.0. The molecule has 0 amide bonds. The van der Waals surface area contributed by atoms with E-state index in [1.54, 1.807) is 30.3 Å². The van der Waals surface area contributed by atoms with Crippen LogP contribution in [0.25, 0.3) is 0 Å². The molecule has 20 nitrogen and oxygen atoms in total. The van der Waals surface area contributed by atoms with Crippen molar-refractivity contribution in [1.82, 2.24) is 0 Å². The molecule has 330 valence electrons. The lowest BCUT2D eigenvalue weighted by Crippen LogP contribution is -2.13. The predicted octanol–water partition coefficient (Wildman–Crippen LogP) is 1.93. The number of hydrogen-bond acceptors (Lipinski definition) is 20. The average Bonchev–Trinajstić information content (AvgIpc) is 3.18. The third kappa shape index (κ3) is 32.6. The van der Waals surface area contributed by atoms with E-state index < -0.39 is 64.3 Å². The molecule has 2 rings (SSSR count). The van der Waals surface area contributed by atoms with E-state index in [-0.39, 0.29) is 62.6 Å². The Balaban J connectivity index is 0. The summed E-state index contributed by atoms with van der Waals surface area (Å²) in [6.07, 6.45) is 5.80. The number of rotatable bonds is 22. The summed E-state index contributed by atoms with van der Waals surface area (Å²) in [4.78, 5) is 42.3. The van der Waals surface area contributed by atoms with Crippen molar-refractivity contribution in [3.63, 3.8) is 0 Å². The van der Waals surface area contributed by atoms with E-state index in [4.69, 9.17) is 4.18 Å². The molecule has 0 aromatic heterocycles. The van der Waals surface area contributed by atoms with E-state index in [0.29, 0.717) is 0 Å². The largest absolute Gasteiger partial charge is 0.460 e. The highest BCUT2D eigenvalue weighted by atomic mass is 32.2. The van der Waals surface area contributed by atoms with Gasteiger partial charge in [-0.15, -0.1) is 0 Å². The van der Waals surface area contributed by atoms with Crippen LogP contribution in [0.4, 0.5) is 0 Å². The molecule has 0 aliphatic rings. The van der Waals surface area contributed by atoms with Gasteiger partial charge in [0.25, 0.3) is 40.5 Å². The molecular weight excluding hydrogens is 869 g/mol. The van der Waals surface area contributed by atoms with E-state index in [1.165, 1.54) is 24.3 Å². The molecule has 0 unspecified atom stereocenters. The lowest BCUT2D eigenvalue weighted by atomic mass is 10.2. The predicted molar refractivity (Wildman–Crippen MR) is 210 cm³/mol. The monoisotopic (exact) mass is 914 g/mol. The minimum absolute atomic E-state index is 0.0649. The number of esters is 4. The molecular formula is C35H46O20S4. The summed E-state index contributed by atoms with van der Waals surface area (Å²) in [6, 6.07) is 14.0. The van der Waals surface area contributed by atoms with Crippen molar-refractivity contribution in [2.75, 3.05) is 65.4 Å². The maximum absolute atomic E-state index is 11.7. The number of carbonyl (C=O) groups is 4. The summed E-state index contributed by atoms with van der Waals surface area (Å²) in [5.74, 6) is -2.45. The molecule has 0 atom stereocenters. The number of carbonyl (C=O) groups excluding carboxylic acids is 4. The normalized spacial score (nSPS) is 10.8. The molecule has 0 radical (unpaired) electrons. The fraction of sp³-hybridized carbons (Fsp3) is 0.314. The highest BCUT2D eigenvalue weighted by molar-refractivity contribution is 7.87. The van der Waals surface area contributed by atoms with Crippen molar-refractivity contribution >= 4 is 64.3 Å². The van der Waals surface area contributed by atoms with Crippen LogP contribution in [0.15, 0.2) is 115 Å². The van der Waals surface area contributed by atoms with Crippen LogP contribution in [0.1, 0.15) is 5.56 Å². The number of aryl methyl sites for hydroxylation is 1. The lowest BCUT2D eigenvalue weighted by molar-refractivity contribution is -0.139. The summed E-state index contributed by atoms with van der Waals surface area (Å²) in [5, 5.41) is 0. The molecule has 0 aliphatic carbocycles. The van der Waals surface area contributed by atoms with Gasteiger partial charge in [-0.05, 0) is 31.2 Å². The van der Waals surface area contributed by atoms with Crippen LogP contribution < -0.4 is 0 Å². The van der Waals surface area contributed by atoms with Crippen molar-refractivity contribution in [2.45, 2.75) is 16.7 Å². The first-order valence-electron chi connectivity index (χ1n) is 16.2. The SMILES string of the molecule is C=CC(=O)OCCOS(=O)(=O)c1ccc(C)cc1.C=CC(=O)OCCOS(=O)(=O)c1ccccc1.C=CC(=O)OCCOS(C)(=O)=O.C=CC(=O)OCCOS(C)(=O)=O. The molecule has 59 heavy (non-hydrogen) atoms. The molecule has 2 aromatic rings. The van der Waals surface area contributed by atoms with Crippen LogP contribution in [-0.4, -0.2) is 123 Å². The fourth-order valence-corrected chi connectivity index (χ4v) is 5.44. The number of benzene rings is 2. The lowest BCUT2D eigenvalue weighted by Gasteiger charge is -2.06. The molecule has 0 bridgehead atoms. The fourth-order valence-electron chi connectivity index (χ4n) is 2.89. The minimum Gasteiger partial charge on any atom is -0.460 e. The van der Waals surface area contributed by atoms with Gasteiger partial charge in [-0.1, -0.05) is 62.2 Å². The standard InChI is InChI=1S/C12H14O5S.C11H12O5S.2C6H10O5S/c1-3-12(13)16-8-9-17-18(14,15)11-6-4-10(2)5-7-11;1-2-11(12)15-8-9-16-17(13,14)10-6-4-3-5-7-10;2*1-3-6(7)10-4-5-11-12(2,8)9/h3-7H,1,8-9H2,2H3;2-7H,1,8-9H2;2*3H,1,4-5H2,2H3. The van der Waals surface area contributed by atoms with Crippen LogP contribution in [0.5, 0.6) is 0 Å². The Morgan fingerprint density at radius 3 is 0.983 bits per heavy atom. The molecule has 24 heteroatoms. The van der Waals surface area contributed by atoms with Crippen LogP contribution in [-0.2, 0) is 95.3 Å². The quantitative estimate of drug-likeness (QED) is 0.0536. The third-order valence-corrected chi connectivity index (χ3v) is 9.23. The van der Waals surface area contributed by atoms with Gasteiger partial charge in [0.15, 0.2) is 0 Å². The van der Waals surface area contributed by atoms with Crippen molar-refractivity contribution in [2.24, 2.45) is 0 Å². The van der Waals surface area contributed by atoms with Crippen LogP contribution in [0.2, 0.25) is 0 Å². The number of hydrogen-bond donors (Lipinski definition) is 0. The first-order valence-corrected chi connectivity index (χ1v) is 22.6. The van der Waals surface area contributed by atoms with E-state index in [9.17, 15) is 52.8 Å². The van der Waals surface area contributed by atoms with Gasteiger partial charge in [0, 0.05) is 24.3 Å². The van der Waals surface area contributed by atoms with Gasteiger partial charge in [-0.2, -0.15) is 33.7 Å². The van der Waals surface area contributed by atoms with Gasteiger partial charge in [-0.25, -0.2) is 19.2 Å². The third-order valence-electron chi connectivity index (χ3n) is 5.39. The van der Waals surface area contributed by atoms with Crippen molar-refractivity contribution in [1.29, 1.82) is 0 Å². The van der Waals surface area contributed by atoms with Gasteiger partial charge >= 0.3 is 23.9 Å². The van der Waals surface area contributed by atoms with Gasteiger partial charge < -0.3 is 18.9 Å². The van der Waals surface area contributed by atoms with Gasteiger partial charge in [0.05, 0.1) is 22.3 Å². The zero-order valence-corrected chi connectivity index (χ0v) is 35.6. The molecule has 0 spiro atoms. The summed E-state index contributed by atoms with van der Waals surface area (Å²) >= 11 is 0. The Morgan fingerprint density at radius 2 is 0.712 bits per heavy atom. The molecule has 0 heterocycles. The highest BCUT2D eigenvalue weighted by Gasteiger charge is 2.15. The van der Waals surface area contributed by atoms with Crippen LogP contribution >= 0.6 is 0 Å². The zero-order chi connectivity index (χ0) is 45.5. The maximum Gasteiger partial charge on any atom is 0.330 e. The number of ether oxygens (including phenoxy) is 4. The molecule has 0 saturated carbocycles. The minimum atomic E-state index is -3.80. The average molecular weight is 915 g/mol. The van der Waals surface area contributed by atoms with Crippen molar-refractivity contribution < 1.29 is 88.5 Å². The Morgan fingerprint density at radius 1 is 0.441 bits per heavy atom.